The largest absolute Gasteiger partial charge is 0.507 e. The standard InChI is InChI=1S/C78H98N10O21/c1-39(2)61(84-55(91)20-13-12-14-31-88-56(92)25-26-57(88)93)75(101)83-51(19-16-30-80-76(79)102)74(100)82-49-23-21-48(22-24-49)38-105-77(103)81-37-47-27-32-87(33-28-47)50-35-52(90)62-54(36-50)108-71-63(85-62)58-59-67(96)45(8)70-60(58)72(98)78(10,109-70)106-34-29-53(104-11)42(5)69(107-46(9)89)44(7)66(95)43(6)65(94)40(3)17-15-18-41(4)73(99)86-64(71)68(59)97/h15,17-18,21-26,29,34-36,39-40,42-44,47,51,53,61,65-66,69,90,94-96H,12-14,16,19-20,27-28,30-33,37-38H2,1-11H3,(H,81,103)(H,82,100)(H,83,101)(H,84,91)(H,86,99)(H3,79,80,102)/b17-15+,34-29+,41-18-/t40-,42+,43+,44+,51-,53-,61-,65-,66+,69+,78-/m0/s1. The quantitative estimate of drug-likeness (QED) is 0.0100. The fourth-order valence-corrected chi connectivity index (χ4v) is 14.0. The summed E-state index contributed by atoms with van der Waals surface area (Å²) in [5.41, 5.74) is 4.71. The molecule has 0 spiro atoms. The number of amides is 9. The highest BCUT2D eigenvalue weighted by Crippen LogP contribution is 2.51. The Kier molecular flexibility index (Phi) is 27.0. The molecule has 31 nitrogen and oxygen atoms in total. The highest BCUT2D eigenvalue weighted by Gasteiger charge is 2.50. The van der Waals surface area contributed by atoms with E-state index in [-0.39, 0.29) is 125 Å². The number of rotatable bonds is 23. The van der Waals surface area contributed by atoms with Gasteiger partial charge in [-0.15, -0.1) is 0 Å². The molecule has 1 saturated heterocycles. The number of carbonyl (C=O) groups is 10. The summed E-state index contributed by atoms with van der Waals surface area (Å²) in [5.74, 6) is -11.4. The Morgan fingerprint density at radius 1 is 0.844 bits per heavy atom. The maximum absolute atomic E-state index is 15.1. The summed E-state index contributed by atoms with van der Waals surface area (Å²) in [6, 6.07) is 6.70. The Bertz CT molecular complexity index is 4430. The first-order valence-electron chi connectivity index (χ1n) is 36.6. The number of phenols is 2. The van der Waals surface area contributed by atoms with E-state index in [1.54, 1.807) is 78.0 Å². The lowest BCUT2D eigenvalue weighted by Gasteiger charge is -2.38. The topological polar surface area (TPSA) is 446 Å². The number of benzene rings is 4. The number of piperidine rings is 1. The second-order valence-electron chi connectivity index (χ2n) is 28.9. The van der Waals surface area contributed by atoms with Gasteiger partial charge in [-0.2, -0.15) is 0 Å². The van der Waals surface area contributed by atoms with E-state index in [0.29, 0.717) is 62.1 Å². The van der Waals surface area contributed by atoms with Crippen LogP contribution in [0.1, 0.15) is 135 Å². The number of hydrogen-bond donors (Lipinski definition) is 11. The van der Waals surface area contributed by atoms with E-state index in [9.17, 15) is 63.6 Å². The highest BCUT2D eigenvalue weighted by molar-refractivity contribution is 6.22. The second-order valence-corrected chi connectivity index (χ2v) is 28.9. The van der Waals surface area contributed by atoms with Crippen molar-refractivity contribution >= 4 is 98.3 Å². The molecule has 12 N–H and O–H groups in total. The molecule has 31 heteroatoms. The van der Waals surface area contributed by atoms with E-state index in [1.807, 2.05) is 4.90 Å². The molecular formula is C78H98N10O21. The number of nitrogens with zero attached hydrogens (tertiary/aromatic N) is 3. The molecule has 6 aliphatic rings. The van der Waals surface area contributed by atoms with Crippen molar-refractivity contribution in [1.29, 1.82) is 0 Å². The molecule has 0 saturated carbocycles. The summed E-state index contributed by atoms with van der Waals surface area (Å²) >= 11 is 0. The van der Waals surface area contributed by atoms with Crippen LogP contribution in [0, 0.1) is 42.4 Å². The monoisotopic (exact) mass is 1510 g/mol. The molecule has 109 heavy (non-hydrogen) atoms. The Hall–Kier alpha value is -10.9. The molecule has 1 aliphatic carbocycles. The van der Waals surface area contributed by atoms with Crippen LogP contribution in [0.2, 0.25) is 0 Å². The van der Waals surface area contributed by atoms with Gasteiger partial charge in [0.15, 0.2) is 11.3 Å². The molecule has 5 heterocycles. The second kappa shape index (κ2) is 35.9. The van der Waals surface area contributed by atoms with Crippen molar-refractivity contribution in [2.75, 3.05) is 55.4 Å². The normalized spacial score (nSPS) is 23.7. The van der Waals surface area contributed by atoms with Gasteiger partial charge in [0.2, 0.25) is 23.2 Å². The first kappa shape index (κ1) is 82.1. The molecule has 5 aliphatic heterocycles. The number of nitrogens with two attached hydrogens (primary N) is 1. The van der Waals surface area contributed by atoms with Crippen molar-refractivity contribution in [2.45, 2.75) is 169 Å². The van der Waals surface area contributed by atoms with E-state index in [0.717, 1.165) is 4.90 Å². The summed E-state index contributed by atoms with van der Waals surface area (Å²) in [4.78, 5) is 154. The molecule has 4 bridgehead atoms. The van der Waals surface area contributed by atoms with Crippen LogP contribution in [-0.2, 0) is 59.1 Å². The van der Waals surface area contributed by atoms with E-state index in [4.69, 9.17) is 38.8 Å². The van der Waals surface area contributed by atoms with Crippen LogP contribution >= 0.6 is 0 Å². The third-order valence-electron chi connectivity index (χ3n) is 20.6. The molecule has 1 fully saturated rings. The van der Waals surface area contributed by atoms with Crippen LogP contribution in [0.5, 0.6) is 17.2 Å². The fourth-order valence-electron chi connectivity index (χ4n) is 14.0. The number of fused-ring (bicyclic) bond motifs is 2. The average Bonchev–Trinajstić information content (AvgIpc) is 1.65. The zero-order valence-corrected chi connectivity index (χ0v) is 63.0. The number of phenolic OH excluding ortho intramolecular Hbond substituents is 2. The van der Waals surface area contributed by atoms with E-state index in [2.05, 4.69) is 31.9 Å². The lowest BCUT2D eigenvalue weighted by molar-refractivity contribution is -0.160. The van der Waals surface area contributed by atoms with Gasteiger partial charge >= 0.3 is 23.9 Å². The molecule has 9 rings (SSSR count). The molecule has 0 unspecified atom stereocenters. The molecule has 3 aromatic rings. The molecule has 0 radical (unpaired) electrons. The van der Waals surface area contributed by atoms with E-state index in [1.165, 1.54) is 77.5 Å². The van der Waals surface area contributed by atoms with Gasteiger partial charge in [0.05, 0.1) is 35.5 Å². The predicted octanol–water partition coefficient (Wildman–Crippen LogP) is 7.30. The van der Waals surface area contributed by atoms with Crippen LogP contribution in [0.25, 0.3) is 33.3 Å². The minimum Gasteiger partial charge on any atom is -0.507 e. The third-order valence-corrected chi connectivity index (χ3v) is 20.6. The van der Waals surface area contributed by atoms with Gasteiger partial charge in [0, 0.05) is 136 Å². The summed E-state index contributed by atoms with van der Waals surface area (Å²) in [6.07, 6.45) is 7.90. The number of hydrogen-bond acceptors (Lipinski definition) is 23. The number of aromatic nitrogens is 1. The van der Waals surface area contributed by atoms with Crippen molar-refractivity contribution in [3.63, 3.8) is 0 Å². The first-order valence-corrected chi connectivity index (χ1v) is 36.6. The number of esters is 1. The zero-order chi connectivity index (χ0) is 79.5. The Morgan fingerprint density at radius 3 is 2.20 bits per heavy atom. The number of anilines is 3. The number of aliphatic hydroxyl groups excluding tert-OH is 2. The number of Topliss-reactive ketones (excluding diaryl/α,β-unsaturated/α-hetero) is 1. The Morgan fingerprint density at radius 2 is 1.54 bits per heavy atom. The molecule has 586 valence electrons. The average molecular weight is 1510 g/mol. The number of ketones is 1. The number of aromatic hydroxyl groups is 2. The smallest absolute Gasteiger partial charge is 0.407 e. The SMILES string of the molecule is CO[C@H]1/C=C/O[C@@]2(C)Oc3c(C)c(O)c4c(=O)c(c5oc6cc(N7CCC(CNC(=O)OCc8ccc(NC(=O)[C@H](CCCNC(N)=O)NC(=O)[C@@H](NC(=O)CCCCCN9C(=O)C=CC9=O)C(C)C)cc8)CC7)cc(O)c6nc-5c4c3C2=O)NC(=O)/C(C)=C\C=C\[C@H](C)[C@H](O)[C@@H](C)[C@@H](O)[C@@H](C)[C@H](OC(C)=O)[C@@H]1C. The molecule has 0 aromatic heterocycles. The number of primary amides is 1. The van der Waals surface area contributed by atoms with Gasteiger partial charge in [-0.05, 0) is 88.0 Å². The van der Waals surface area contributed by atoms with Crippen molar-refractivity contribution in [3.8, 4) is 28.7 Å². The fraction of sp³-hybridized carbons (Fsp3) is 0.487. The third kappa shape index (κ3) is 19.3. The number of ether oxygens (including phenoxy) is 5. The van der Waals surface area contributed by atoms with Gasteiger partial charge < -0.3 is 91.1 Å². The summed E-state index contributed by atoms with van der Waals surface area (Å²) in [5, 5.41) is 62.8. The molecule has 11 atom stereocenters. The van der Waals surface area contributed by atoms with Crippen molar-refractivity contribution in [1.82, 2.24) is 31.2 Å². The molecule has 9 amide bonds. The van der Waals surface area contributed by atoms with E-state index >= 15 is 9.59 Å². The summed E-state index contributed by atoms with van der Waals surface area (Å²) < 4.78 is 36.2. The highest BCUT2D eigenvalue weighted by atomic mass is 16.7. The number of aliphatic hydroxyl groups is 2. The van der Waals surface area contributed by atoms with Gasteiger partial charge in [-0.3, -0.25) is 48.1 Å². The minimum atomic E-state index is -2.16. The number of urea groups is 1. The summed E-state index contributed by atoms with van der Waals surface area (Å²) in [6.45, 7) is 17.1. The van der Waals surface area contributed by atoms with E-state index < -0.39 is 136 Å². The predicted molar refractivity (Wildman–Crippen MR) is 401 cm³/mol. The Labute approximate surface area is 629 Å². The zero-order valence-electron chi connectivity index (χ0n) is 63.0. The van der Waals surface area contributed by atoms with Crippen LogP contribution in [0.15, 0.2) is 93.9 Å². The van der Waals surface area contributed by atoms with Gasteiger partial charge in [-0.25, -0.2) is 14.6 Å². The van der Waals surface area contributed by atoms with Crippen LogP contribution in [0.4, 0.5) is 26.7 Å². The first-order chi connectivity index (χ1) is 51.7. The van der Waals surface area contributed by atoms with Crippen LogP contribution < -0.4 is 52.7 Å². The maximum Gasteiger partial charge on any atom is 0.407 e. The number of carbonyl (C=O) groups excluding carboxylic acids is 10. The number of methoxy groups -OCH3 is 1. The lowest BCUT2D eigenvalue weighted by Crippen LogP contribution is -2.54. The van der Waals surface area contributed by atoms with Crippen molar-refractivity contribution < 1.29 is 96.5 Å². The number of nitrogens with one attached hydrogen (secondary N) is 6. The van der Waals surface area contributed by atoms with Gasteiger partial charge in [0.1, 0.15) is 58.9 Å². The number of alkyl carbamates (subject to hydrolysis) is 1. The Balaban J connectivity index is 0.865. The number of unbranched alkanes of at least 4 members (excludes halogenated alkanes) is 2. The van der Waals surface area contributed by atoms with Crippen molar-refractivity contribution in [3.05, 3.63) is 112 Å². The minimum absolute atomic E-state index is 0.00302. The maximum atomic E-state index is 15.1. The number of imide groups is 1. The van der Waals surface area contributed by atoms with Crippen LogP contribution in [0.3, 0.4) is 0 Å². The van der Waals surface area contributed by atoms with Crippen LogP contribution in [-0.4, -0.2) is 172 Å². The van der Waals surface area contributed by atoms with Gasteiger partial charge in [-0.1, -0.05) is 78.3 Å². The molecule has 3 aromatic carbocycles. The lowest BCUT2D eigenvalue weighted by atomic mass is 9.78. The summed E-state index contributed by atoms with van der Waals surface area (Å²) in [7, 11) is 1.41. The number of allylic oxidation sites excluding steroid dienone is 2. The van der Waals surface area contributed by atoms with Gasteiger partial charge in [0.25, 0.3) is 23.5 Å². The molecular weight excluding hydrogens is 1410 g/mol. The van der Waals surface area contributed by atoms with Crippen molar-refractivity contribution in [2.24, 2.45) is 41.2 Å².